The number of benzene rings is 1. The Balaban J connectivity index is 1.98. The van der Waals surface area contributed by atoms with E-state index in [-0.39, 0.29) is 5.91 Å². The van der Waals surface area contributed by atoms with Crippen molar-refractivity contribution in [1.82, 2.24) is 10.3 Å². The minimum Gasteiger partial charge on any atom is -0.341 e. The molecule has 0 radical (unpaired) electrons. The maximum atomic E-state index is 11.8. The lowest BCUT2D eigenvalue weighted by molar-refractivity contribution is -0.109. The molecule has 2 aromatic rings. The summed E-state index contributed by atoms with van der Waals surface area (Å²) in [6.07, 6.45) is 2.74. The molecule has 1 N–H and O–H groups in total. The summed E-state index contributed by atoms with van der Waals surface area (Å²) in [5, 5.41) is 2.68. The van der Waals surface area contributed by atoms with Crippen molar-refractivity contribution < 1.29 is 9.59 Å². The molecule has 92 valence electrons. The van der Waals surface area contributed by atoms with Crippen LogP contribution in [0.3, 0.4) is 0 Å². The predicted molar refractivity (Wildman–Crippen MR) is 69.6 cm³/mol. The molecule has 1 heterocycles. The summed E-state index contributed by atoms with van der Waals surface area (Å²) in [4.78, 5) is 27.1. The third kappa shape index (κ3) is 3.24. The highest BCUT2D eigenvalue weighted by molar-refractivity contribution is 7.11. The second kappa shape index (κ2) is 6.07. The smallest absolute Gasteiger partial charge is 0.263 e. The van der Waals surface area contributed by atoms with E-state index < -0.39 is 6.04 Å². The second-order valence-electron chi connectivity index (χ2n) is 3.77. The molecule has 0 aliphatic carbocycles. The Labute approximate surface area is 109 Å². The molecular weight excluding hydrogens is 248 g/mol. The summed E-state index contributed by atoms with van der Waals surface area (Å²) in [5.74, 6) is -0.259. The van der Waals surface area contributed by atoms with Crippen LogP contribution < -0.4 is 5.32 Å². The van der Waals surface area contributed by atoms with Crippen molar-refractivity contribution in [1.29, 1.82) is 0 Å². The van der Waals surface area contributed by atoms with Gasteiger partial charge in [0.15, 0.2) is 0 Å². The van der Waals surface area contributed by atoms with E-state index in [1.54, 1.807) is 5.51 Å². The van der Waals surface area contributed by atoms with Gasteiger partial charge in [-0.25, -0.2) is 0 Å². The van der Waals surface area contributed by atoms with Crippen LogP contribution in [-0.4, -0.2) is 23.2 Å². The van der Waals surface area contributed by atoms with Gasteiger partial charge in [0.1, 0.15) is 11.2 Å². The minimum atomic E-state index is -0.512. The molecule has 1 aromatic heterocycles. The highest BCUT2D eigenvalue weighted by Crippen LogP contribution is 2.07. The molecule has 18 heavy (non-hydrogen) atoms. The zero-order chi connectivity index (χ0) is 12.8. The van der Waals surface area contributed by atoms with E-state index in [0.717, 1.165) is 11.8 Å². The van der Waals surface area contributed by atoms with Crippen LogP contribution in [0.15, 0.2) is 42.0 Å². The van der Waals surface area contributed by atoms with Crippen LogP contribution in [0.5, 0.6) is 0 Å². The molecule has 5 heteroatoms. The molecule has 0 fully saturated rings. The molecule has 1 aromatic carbocycles. The number of hydrogen-bond donors (Lipinski definition) is 1. The minimum absolute atomic E-state index is 0.259. The number of carbonyl (C=O) groups is 2. The van der Waals surface area contributed by atoms with Crippen LogP contribution in [0.25, 0.3) is 0 Å². The number of aromatic nitrogens is 1. The Morgan fingerprint density at radius 1 is 1.39 bits per heavy atom. The second-order valence-corrected chi connectivity index (χ2v) is 4.66. The third-order valence-electron chi connectivity index (χ3n) is 2.44. The highest BCUT2D eigenvalue weighted by Gasteiger charge is 2.14. The predicted octanol–water partition coefficient (Wildman–Crippen LogP) is 1.68. The molecule has 1 unspecified atom stereocenters. The fourth-order valence-corrected chi connectivity index (χ4v) is 2.09. The summed E-state index contributed by atoms with van der Waals surface area (Å²) >= 11 is 1.25. The first-order valence-corrected chi connectivity index (χ1v) is 6.36. The summed E-state index contributed by atoms with van der Waals surface area (Å²) in [5.41, 5.74) is 2.60. The molecule has 0 spiro atoms. The van der Waals surface area contributed by atoms with Crippen molar-refractivity contribution in [2.75, 3.05) is 0 Å². The number of aldehydes is 1. The number of nitrogens with zero attached hydrogens (tertiary/aromatic N) is 1. The Morgan fingerprint density at radius 3 is 2.78 bits per heavy atom. The van der Waals surface area contributed by atoms with E-state index in [0.29, 0.717) is 11.3 Å². The van der Waals surface area contributed by atoms with Gasteiger partial charge in [-0.05, 0) is 12.0 Å². The Morgan fingerprint density at radius 2 is 2.17 bits per heavy atom. The molecule has 0 bridgehead atoms. The fraction of sp³-hybridized carbons (Fsp3) is 0.154. The summed E-state index contributed by atoms with van der Waals surface area (Å²) < 4.78 is 0. The quantitative estimate of drug-likeness (QED) is 0.832. The van der Waals surface area contributed by atoms with Crippen LogP contribution in [0, 0.1) is 0 Å². The van der Waals surface area contributed by atoms with Gasteiger partial charge >= 0.3 is 0 Å². The van der Waals surface area contributed by atoms with Gasteiger partial charge < -0.3 is 10.1 Å². The first-order chi connectivity index (χ1) is 8.79. The number of carbonyl (C=O) groups excluding carboxylic acids is 2. The number of hydrogen-bond acceptors (Lipinski definition) is 4. The van der Waals surface area contributed by atoms with Crippen molar-refractivity contribution in [2.24, 2.45) is 0 Å². The number of rotatable bonds is 5. The lowest BCUT2D eigenvalue weighted by Crippen LogP contribution is -2.37. The SMILES string of the molecule is O=CC(Cc1ccccc1)NC(=O)c1cncs1. The molecule has 0 saturated carbocycles. The van der Waals surface area contributed by atoms with Crippen molar-refractivity contribution >= 4 is 23.5 Å². The van der Waals surface area contributed by atoms with E-state index in [9.17, 15) is 9.59 Å². The normalized spacial score (nSPS) is 11.8. The molecule has 0 saturated heterocycles. The van der Waals surface area contributed by atoms with Crippen LogP contribution >= 0.6 is 11.3 Å². The third-order valence-corrected chi connectivity index (χ3v) is 3.21. The maximum absolute atomic E-state index is 11.8. The van der Waals surface area contributed by atoms with Gasteiger partial charge in [-0.3, -0.25) is 9.78 Å². The van der Waals surface area contributed by atoms with Crippen molar-refractivity contribution in [3.63, 3.8) is 0 Å². The average Bonchev–Trinajstić information content (AvgIpc) is 2.93. The van der Waals surface area contributed by atoms with Crippen molar-refractivity contribution in [3.8, 4) is 0 Å². The van der Waals surface area contributed by atoms with Crippen LogP contribution in [-0.2, 0) is 11.2 Å². The van der Waals surface area contributed by atoms with Crippen molar-refractivity contribution in [3.05, 3.63) is 52.5 Å². The van der Waals surface area contributed by atoms with Gasteiger partial charge in [0, 0.05) is 0 Å². The monoisotopic (exact) mass is 260 g/mol. The van der Waals surface area contributed by atoms with Gasteiger partial charge in [0.05, 0.1) is 17.7 Å². The summed E-state index contributed by atoms with van der Waals surface area (Å²) in [7, 11) is 0. The van der Waals surface area contributed by atoms with Gasteiger partial charge in [-0.2, -0.15) is 0 Å². The summed E-state index contributed by atoms with van der Waals surface area (Å²) in [6.45, 7) is 0. The zero-order valence-corrected chi connectivity index (χ0v) is 10.4. The topological polar surface area (TPSA) is 59.1 Å². The molecule has 0 aliphatic rings. The lowest BCUT2D eigenvalue weighted by Gasteiger charge is -2.11. The van der Waals surface area contributed by atoms with Gasteiger partial charge in [0.2, 0.25) is 0 Å². The van der Waals surface area contributed by atoms with Crippen LogP contribution in [0.2, 0.25) is 0 Å². The van der Waals surface area contributed by atoms with E-state index in [2.05, 4.69) is 10.3 Å². The van der Waals surface area contributed by atoms with Gasteiger partial charge in [-0.15, -0.1) is 11.3 Å². The summed E-state index contributed by atoms with van der Waals surface area (Å²) in [6, 6.07) is 9.06. The first kappa shape index (κ1) is 12.4. The standard InChI is InChI=1S/C13H12N2O2S/c16-8-11(6-10-4-2-1-3-5-10)15-13(17)12-7-14-9-18-12/h1-5,7-9,11H,6H2,(H,15,17). The molecule has 2 rings (SSSR count). The Kier molecular flexibility index (Phi) is 4.20. The number of amides is 1. The number of nitrogens with one attached hydrogen (secondary N) is 1. The largest absolute Gasteiger partial charge is 0.341 e. The average molecular weight is 260 g/mol. The molecule has 4 nitrogen and oxygen atoms in total. The van der Waals surface area contributed by atoms with Crippen LogP contribution in [0.1, 0.15) is 15.2 Å². The van der Waals surface area contributed by atoms with Gasteiger partial charge in [0.25, 0.3) is 5.91 Å². The fourth-order valence-electron chi connectivity index (χ4n) is 1.57. The maximum Gasteiger partial charge on any atom is 0.263 e. The zero-order valence-electron chi connectivity index (χ0n) is 9.58. The first-order valence-electron chi connectivity index (χ1n) is 5.48. The van der Waals surface area contributed by atoms with Gasteiger partial charge in [-0.1, -0.05) is 30.3 Å². The van der Waals surface area contributed by atoms with E-state index >= 15 is 0 Å². The molecule has 1 atom stereocenters. The van der Waals surface area contributed by atoms with E-state index in [1.807, 2.05) is 30.3 Å². The van der Waals surface area contributed by atoms with E-state index in [4.69, 9.17) is 0 Å². The highest BCUT2D eigenvalue weighted by atomic mass is 32.1. The number of thiazole rings is 1. The van der Waals surface area contributed by atoms with E-state index in [1.165, 1.54) is 17.5 Å². The lowest BCUT2D eigenvalue weighted by atomic mass is 10.1. The van der Waals surface area contributed by atoms with Crippen LogP contribution in [0.4, 0.5) is 0 Å². The molecular formula is C13H12N2O2S. The van der Waals surface area contributed by atoms with Crippen molar-refractivity contribution in [2.45, 2.75) is 12.5 Å². The Bertz CT molecular complexity index is 511. The molecule has 0 aliphatic heterocycles. The molecule has 1 amide bonds. The Hall–Kier alpha value is -2.01.